The van der Waals surface area contributed by atoms with Crippen LogP contribution in [0.2, 0.25) is 0 Å². The standard InChI is InChI=1S/C53H76N8O4/c1-5-29-58(30-6-1)41-54-45-13-21-49(22-14-45)62-37-53(38-63-50-23-15-46(16-24-50)55-42-59-31-7-2-8-32-59,39-64-51-25-17-47(18-26-51)56-43-60-33-9-3-10-34-60)40-65-52-27-19-48(20-28-52)57-44-61-35-11-4-12-36-61/h13-28,54-57H,1-12,29-44H2. The van der Waals surface area contributed by atoms with Gasteiger partial charge in [-0.25, -0.2) is 0 Å². The molecule has 4 N–H and O–H groups in total. The number of anilines is 4. The lowest BCUT2D eigenvalue weighted by Gasteiger charge is -2.33. The van der Waals surface area contributed by atoms with Gasteiger partial charge in [-0.05, 0) is 201 Å². The summed E-state index contributed by atoms with van der Waals surface area (Å²) in [7, 11) is 0. The molecule has 12 nitrogen and oxygen atoms in total. The number of benzene rings is 4. The lowest BCUT2D eigenvalue weighted by atomic mass is 9.92. The number of likely N-dealkylation sites (tertiary alicyclic amines) is 4. The van der Waals surface area contributed by atoms with Gasteiger partial charge in [-0.1, -0.05) is 25.7 Å². The van der Waals surface area contributed by atoms with Crippen molar-refractivity contribution in [3.05, 3.63) is 97.1 Å². The second-order valence-corrected chi connectivity index (χ2v) is 18.8. The van der Waals surface area contributed by atoms with Crippen molar-refractivity contribution in [3.8, 4) is 23.0 Å². The van der Waals surface area contributed by atoms with Gasteiger partial charge in [-0.3, -0.25) is 19.6 Å². The quantitative estimate of drug-likeness (QED) is 0.0540. The van der Waals surface area contributed by atoms with Gasteiger partial charge in [0.2, 0.25) is 0 Å². The molecule has 4 aromatic rings. The monoisotopic (exact) mass is 889 g/mol. The molecule has 352 valence electrons. The van der Waals surface area contributed by atoms with Gasteiger partial charge in [0, 0.05) is 22.7 Å². The Bertz CT molecular complexity index is 1630. The Balaban J connectivity index is 0.961. The molecule has 0 saturated carbocycles. The fourth-order valence-electron chi connectivity index (χ4n) is 9.15. The van der Waals surface area contributed by atoms with Crippen LogP contribution in [0.4, 0.5) is 22.7 Å². The molecule has 0 aliphatic carbocycles. The van der Waals surface area contributed by atoms with Crippen molar-refractivity contribution in [1.29, 1.82) is 0 Å². The van der Waals surface area contributed by atoms with E-state index in [1.54, 1.807) is 0 Å². The largest absolute Gasteiger partial charge is 0.493 e. The lowest BCUT2D eigenvalue weighted by molar-refractivity contribution is -0.00350. The molecule has 4 heterocycles. The summed E-state index contributed by atoms with van der Waals surface area (Å²) in [4.78, 5) is 9.95. The minimum Gasteiger partial charge on any atom is -0.493 e. The highest BCUT2D eigenvalue weighted by molar-refractivity contribution is 5.49. The third-order valence-electron chi connectivity index (χ3n) is 13.4. The summed E-state index contributed by atoms with van der Waals surface area (Å²) in [5, 5.41) is 14.4. The number of ether oxygens (including phenoxy) is 4. The lowest BCUT2D eigenvalue weighted by Crippen LogP contribution is -2.45. The Hall–Kier alpha value is -4.88. The predicted octanol–water partition coefficient (Wildman–Crippen LogP) is 9.71. The first-order chi connectivity index (χ1) is 32.1. The van der Waals surface area contributed by atoms with Crippen LogP contribution in [0, 0.1) is 5.41 Å². The number of piperidine rings is 4. The predicted molar refractivity (Wildman–Crippen MR) is 266 cm³/mol. The Morgan fingerprint density at radius 3 is 0.692 bits per heavy atom. The zero-order valence-electron chi connectivity index (χ0n) is 39.0. The minimum atomic E-state index is -0.702. The third kappa shape index (κ3) is 15.6. The first-order valence-electron chi connectivity index (χ1n) is 24.9. The molecule has 0 atom stereocenters. The van der Waals surface area contributed by atoms with E-state index in [1.807, 2.05) is 48.5 Å². The van der Waals surface area contributed by atoms with E-state index in [1.165, 1.54) is 77.0 Å². The molecule has 4 fully saturated rings. The van der Waals surface area contributed by atoms with Crippen molar-refractivity contribution in [2.45, 2.75) is 77.0 Å². The van der Waals surface area contributed by atoms with Crippen LogP contribution in [0.25, 0.3) is 0 Å². The van der Waals surface area contributed by atoms with Crippen molar-refractivity contribution in [3.63, 3.8) is 0 Å². The van der Waals surface area contributed by atoms with Crippen molar-refractivity contribution in [2.24, 2.45) is 5.41 Å². The Labute approximate surface area is 389 Å². The summed E-state index contributed by atoms with van der Waals surface area (Å²) < 4.78 is 26.8. The maximum atomic E-state index is 6.69. The average Bonchev–Trinajstić information content (AvgIpc) is 3.38. The fourth-order valence-corrected chi connectivity index (χ4v) is 9.15. The number of nitrogens with one attached hydrogen (secondary N) is 4. The smallest absolute Gasteiger partial charge is 0.119 e. The van der Waals surface area contributed by atoms with Gasteiger partial charge in [0.25, 0.3) is 0 Å². The van der Waals surface area contributed by atoms with Gasteiger partial charge < -0.3 is 40.2 Å². The van der Waals surface area contributed by atoms with E-state index in [-0.39, 0.29) is 0 Å². The van der Waals surface area contributed by atoms with Crippen LogP contribution >= 0.6 is 0 Å². The van der Waals surface area contributed by atoms with Crippen molar-refractivity contribution >= 4 is 22.7 Å². The SMILES string of the molecule is c1cc(OCC(COc2ccc(NCN3CCCCC3)cc2)(COc2ccc(NCN3CCCCC3)cc2)COc2ccc(NCN3CCCCC3)cc2)ccc1NCN1CCCCC1. The van der Waals surface area contributed by atoms with Crippen LogP contribution in [0.3, 0.4) is 0 Å². The first-order valence-corrected chi connectivity index (χ1v) is 24.9. The van der Waals surface area contributed by atoms with Crippen LogP contribution in [-0.2, 0) is 0 Å². The molecule has 0 amide bonds. The molecule has 0 bridgehead atoms. The van der Waals surface area contributed by atoms with E-state index < -0.39 is 5.41 Å². The minimum absolute atomic E-state index is 0.313. The maximum Gasteiger partial charge on any atom is 0.119 e. The van der Waals surface area contributed by atoms with Crippen LogP contribution in [-0.4, -0.2) is 125 Å². The average molecular weight is 889 g/mol. The number of hydrogen-bond donors (Lipinski definition) is 4. The summed E-state index contributed by atoms with van der Waals surface area (Å²) in [5.74, 6) is 3.15. The van der Waals surface area contributed by atoms with E-state index >= 15 is 0 Å². The third-order valence-corrected chi connectivity index (χ3v) is 13.4. The van der Waals surface area contributed by atoms with E-state index in [2.05, 4.69) is 89.4 Å². The molecule has 4 aliphatic rings. The molecule has 65 heavy (non-hydrogen) atoms. The number of hydrogen-bond acceptors (Lipinski definition) is 12. The van der Waals surface area contributed by atoms with Crippen LogP contribution in [0.1, 0.15) is 77.0 Å². The van der Waals surface area contributed by atoms with E-state index in [0.29, 0.717) is 26.4 Å². The first kappa shape index (κ1) is 46.6. The van der Waals surface area contributed by atoms with Gasteiger partial charge >= 0.3 is 0 Å². The Kier molecular flexibility index (Phi) is 18.0. The van der Waals surface area contributed by atoms with Crippen LogP contribution < -0.4 is 40.2 Å². The second kappa shape index (κ2) is 25.1. The molecule has 0 radical (unpaired) electrons. The molecule has 4 saturated heterocycles. The summed E-state index contributed by atoms with van der Waals surface area (Å²) in [5.41, 5.74) is 3.63. The van der Waals surface area contributed by atoms with Crippen molar-refractivity contribution < 1.29 is 18.9 Å². The summed E-state index contributed by atoms with van der Waals surface area (Å²) >= 11 is 0. The number of rotatable bonds is 24. The molecule has 0 spiro atoms. The van der Waals surface area contributed by atoms with Crippen LogP contribution in [0.15, 0.2) is 97.1 Å². The molecule has 0 aromatic heterocycles. The maximum absolute atomic E-state index is 6.69. The second-order valence-electron chi connectivity index (χ2n) is 18.8. The molecule has 4 aliphatic heterocycles. The highest BCUT2D eigenvalue weighted by Gasteiger charge is 2.36. The van der Waals surface area contributed by atoms with Gasteiger partial charge in [0.1, 0.15) is 54.8 Å². The van der Waals surface area contributed by atoms with Gasteiger partial charge in [-0.2, -0.15) is 0 Å². The fraction of sp³-hybridized carbons (Fsp3) is 0.547. The van der Waals surface area contributed by atoms with Gasteiger partial charge in [-0.15, -0.1) is 0 Å². The zero-order chi connectivity index (χ0) is 44.2. The Morgan fingerprint density at radius 1 is 0.292 bits per heavy atom. The zero-order valence-corrected chi connectivity index (χ0v) is 39.0. The number of nitrogens with zero attached hydrogens (tertiary/aromatic N) is 4. The van der Waals surface area contributed by atoms with Gasteiger partial charge in [0.05, 0.1) is 26.7 Å². The van der Waals surface area contributed by atoms with E-state index in [9.17, 15) is 0 Å². The molecular weight excluding hydrogens is 813 g/mol. The summed E-state index contributed by atoms with van der Waals surface area (Å²) in [6, 6.07) is 33.2. The summed E-state index contributed by atoms with van der Waals surface area (Å²) in [6.45, 7) is 13.9. The molecule has 12 heteroatoms. The Morgan fingerprint density at radius 2 is 0.492 bits per heavy atom. The van der Waals surface area contributed by atoms with E-state index in [4.69, 9.17) is 18.9 Å². The highest BCUT2D eigenvalue weighted by Crippen LogP contribution is 2.29. The normalized spacial score (nSPS) is 18.1. The summed E-state index contributed by atoms with van der Waals surface area (Å²) in [6.07, 6.45) is 15.5. The van der Waals surface area contributed by atoms with Crippen LogP contribution in [0.5, 0.6) is 23.0 Å². The molecular formula is C53H76N8O4. The topological polar surface area (TPSA) is 98.0 Å². The molecule has 4 aromatic carbocycles. The molecule has 8 rings (SSSR count). The van der Waals surface area contributed by atoms with Crippen molar-refractivity contribution in [2.75, 3.05) is 127 Å². The highest BCUT2D eigenvalue weighted by atomic mass is 16.5. The molecule has 0 unspecified atom stereocenters. The van der Waals surface area contributed by atoms with Gasteiger partial charge in [0.15, 0.2) is 0 Å². The van der Waals surface area contributed by atoms with E-state index in [0.717, 1.165) is 125 Å². The van der Waals surface area contributed by atoms with Crippen molar-refractivity contribution in [1.82, 2.24) is 19.6 Å².